The quantitative estimate of drug-likeness (QED) is 0.560. The maximum atomic E-state index is 6.52. The van der Waals surface area contributed by atoms with Gasteiger partial charge in [0.25, 0.3) is 0 Å². The van der Waals surface area contributed by atoms with E-state index in [1.165, 1.54) is 22.3 Å². The summed E-state index contributed by atoms with van der Waals surface area (Å²) < 4.78 is 13.0. The first-order valence-electron chi connectivity index (χ1n) is 8.85. The number of benzene rings is 1. The van der Waals surface area contributed by atoms with E-state index in [0.717, 1.165) is 24.4 Å². The smallest absolute Gasteiger partial charge is 0.242 e. The molecule has 0 atom stereocenters. The second-order valence-corrected chi connectivity index (χ2v) is 17.6. The molecule has 0 aliphatic heterocycles. The molecule has 1 aliphatic carbocycles. The summed E-state index contributed by atoms with van der Waals surface area (Å²) >= 11 is 0. The zero-order chi connectivity index (χ0) is 18.1. The van der Waals surface area contributed by atoms with Crippen LogP contribution in [0.4, 0.5) is 0 Å². The Labute approximate surface area is 149 Å². The van der Waals surface area contributed by atoms with Crippen LogP contribution in [0.25, 0.3) is 11.5 Å². The van der Waals surface area contributed by atoms with Crippen LogP contribution in [-0.4, -0.2) is 16.6 Å². The van der Waals surface area contributed by atoms with Crippen molar-refractivity contribution >= 4 is 28.2 Å². The minimum Gasteiger partial charge on any atom is -0.544 e. The van der Waals surface area contributed by atoms with Crippen LogP contribution < -0.4 is 0 Å². The number of allylic oxidation sites excluding steroid dienone is 2. The fourth-order valence-electron chi connectivity index (χ4n) is 2.84. The first-order valence-corrected chi connectivity index (χ1v) is 15.7. The van der Waals surface area contributed by atoms with E-state index >= 15 is 0 Å². The van der Waals surface area contributed by atoms with Crippen molar-refractivity contribution in [1.29, 1.82) is 0 Å². The summed E-state index contributed by atoms with van der Waals surface area (Å²) in [6.45, 7) is 17.9. The van der Waals surface area contributed by atoms with E-state index in [-0.39, 0.29) is 0 Å². The molecule has 0 radical (unpaired) electrons. The lowest BCUT2D eigenvalue weighted by Gasteiger charge is -2.30. The highest BCUT2D eigenvalue weighted by Gasteiger charge is 2.27. The molecule has 0 fully saturated rings. The molecule has 0 aromatic heterocycles. The van der Waals surface area contributed by atoms with Crippen LogP contribution in [0.15, 0.2) is 35.4 Å². The Hall–Kier alpha value is -1.27. The molecule has 4 heteroatoms. The summed E-state index contributed by atoms with van der Waals surface area (Å²) in [6.07, 6.45) is 2.05. The second-order valence-electron chi connectivity index (χ2n) is 8.69. The van der Waals surface area contributed by atoms with Crippen molar-refractivity contribution in [3.05, 3.63) is 46.5 Å². The molecule has 2 rings (SSSR count). The van der Waals surface area contributed by atoms with Gasteiger partial charge < -0.3 is 8.85 Å². The van der Waals surface area contributed by atoms with Gasteiger partial charge in [-0.3, -0.25) is 0 Å². The number of hydrogen-bond donors (Lipinski definition) is 0. The van der Waals surface area contributed by atoms with Gasteiger partial charge in [-0.15, -0.1) is 0 Å². The minimum atomic E-state index is -1.69. The Bertz CT molecular complexity index is 615. The molecule has 0 heterocycles. The van der Waals surface area contributed by atoms with E-state index in [2.05, 4.69) is 77.4 Å². The summed E-state index contributed by atoms with van der Waals surface area (Å²) in [5, 5.41) is 0. The highest BCUT2D eigenvalue weighted by Crippen LogP contribution is 2.38. The first-order chi connectivity index (χ1) is 11.0. The van der Waals surface area contributed by atoms with Crippen LogP contribution in [0.1, 0.15) is 37.8 Å². The molecule has 0 saturated carbocycles. The molecule has 0 saturated heterocycles. The van der Waals surface area contributed by atoms with E-state index in [1.54, 1.807) is 0 Å². The molecule has 0 amide bonds. The molecule has 0 bridgehead atoms. The third-order valence-corrected chi connectivity index (χ3v) is 5.52. The van der Waals surface area contributed by atoms with E-state index in [4.69, 9.17) is 8.85 Å². The molecule has 1 aliphatic rings. The van der Waals surface area contributed by atoms with Crippen LogP contribution in [0.2, 0.25) is 39.3 Å². The molecule has 0 unspecified atom stereocenters. The average Bonchev–Trinajstić information content (AvgIpc) is 2.45. The zero-order valence-electron chi connectivity index (χ0n) is 16.5. The van der Waals surface area contributed by atoms with Gasteiger partial charge in [0.2, 0.25) is 16.6 Å². The van der Waals surface area contributed by atoms with Crippen molar-refractivity contribution in [3.63, 3.8) is 0 Å². The fourth-order valence-corrected chi connectivity index (χ4v) is 4.63. The summed E-state index contributed by atoms with van der Waals surface area (Å²) in [7, 11) is -3.37. The van der Waals surface area contributed by atoms with Crippen LogP contribution >= 0.6 is 0 Å². The zero-order valence-corrected chi connectivity index (χ0v) is 18.5. The van der Waals surface area contributed by atoms with E-state index in [0.29, 0.717) is 0 Å². The summed E-state index contributed by atoms with van der Waals surface area (Å²) in [6, 6.07) is 8.56. The number of fused-ring (bicyclic) bond motifs is 1. The molecule has 1 aromatic rings. The molecular formula is C20H32O2Si2. The molecule has 0 N–H and O–H groups in total. The largest absolute Gasteiger partial charge is 0.544 e. The predicted molar refractivity (Wildman–Crippen MR) is 110 cm³/mol. The van der Waals surface area contributed by atoms with Gasteiger partial charge in [0.15, 0.2) is 0 Å². The molecule has 132 valence electrons. The highest BCUT2D eigenvalue weighted by atomic mass is 28.4. The predicted octanol–water partition coefficient (Wildman–Crippen LogP) is 6.65. The third-order valence-electron chi connectivity index (χ3n) is 3.88. The Balaban J connectivity index is 2.63. The maximum absolute atomic E-state index is 6.52. The van der Waals surface area contributed by atoms with Crippen molar-refractivity contribution < 1.29 is 8.85 Å². The van der Waals surface area contributed by atoms with Crippen molar-refractivity contribution in [3.8, 4) is 0 Å². The monoisotopic (exact) mass is 360 g/mol. The minimum absolute atomic E-state index is 1.03. The maximum Gasteiger partial charge on any atom is 0.242 e. The van der Waals surface area contributed by atoms with Crippen molar-refractivity contribution in [1.82, 2.24) is 0 Å². The molecule has 24 heavy (non-hydrogen) atoms. The fraction of sp³-hybridized carbons (Fsp3) is 0.500. The Morgan fingerprint density at radius 1 is 0.667 bits per heavy atom. The summed E-state index contributed by atoms with van der Waals surface area (Å²) in [4.78, 5) is 0. The average molecular weight is 361 g/mol. The van der Waals surface area contributed by atoms with Crippen LogP contribution in [0.5, 0.6) is 0 Å². The Kier molecular flexibility index (Phi) is 5.50. The van der Waals surface area contributed by atoms with Gasteiger partial charge in [-0.1, -0.05) is 24.3 Å². The number of rotatable bonds is 4. The van der Waals surface area contributed by atoms with Gasteiger partial charge in [0, 0.05) is 11.1 Å². The molecule has 1 aromatic carbocycles. The van der Waals surface area contributed by atoms with Gasteiger partial charge in [-0.05, 0) is 77.1 Å². The number of hydrogen-bond acceptors (Lipinski definition) is 2. The van der Waals surface area contributed by atoms with Crippen molar-refractivity contribution in [2.45, 2.75) is 66.0 Å². The van der Waals surface area contributed by atoms with Crippen molar-refractivity contribution in [2.75, 3.05) is 0 Å². The highest BCUT2D eigenvalue weighted by molar-refractivity contribution is 6.71. The van der Waals surface area contributed by atoms with Gasteiger partial charge in [-0.2, -0.15) is 0 Å². The van der Waals surface area contributed by atoms with Gasteiger partial charge in [-0.25, -0.2) is 0 Å². The van der Waals surface area contributed by atoms with Gasteiger partial charge >= 0.3 is 0 Å². The lowest BCUT2D eigenvalue weighted by Crippen LogP contribution is -2.27. The summed E-state index contributed by atoms with van der Waals surface area (Å²) in [5.41, 5.74) is 5.06. The van der Waals surface area contributed by atoms with Gasteiger partial charge in [0.05, 0.1) is 0 Å². The SMILES string of the molecule is C/C1=C(\O[Si](C)(C)C)c2ccccc2/C(O[Si](C)(C)C)=C(/C)CC1. The normalized spacial score (nSPS) is 22.5. The Morgan fingerprint density at radius 2 is 1.00 bits per heavy atom. The van der Waals surface area contributed by atoms with E-state index < -0.39 is 16.6 Å². The van der Waals surface area contributed by atoms with Crippen LogP contribution in [0, 0.1) is 0 Å². The van der Waals surface area contributed by atoms with Gasteiger partial charge in [0.1, 0.15) is 11.5 Å². The first kappa shape index (κ1) is 19.1. The van der Waals surface area contributed by atoms with Crippen LogP contribution in [-0.2, 0) is 8.85 Å². The topological polar surface area (TPSA) is 18.5 Å². The molecular weight excluding hydrogens is 328 g/mol. The summed E-state index contributed by atoms with van der Waals surface area (Å²) in [5.74, 6) is 2.16. The second kappa shape index (κ2) is 6.92. The van der Waals surface area contributed by atoms with Crippen molar-refractivity contribution in [2.24, 2.45) is 0 Å². The molecule has 2 nitrogen and oxygen atoms in total. The van der Waals surface area contributed by atoms with Crippen LogP contribution in [0.3, 0.4) is 0 Å². The lowest BCUT2D eigenvalue weighted by molar-refractivity contribution is 0.492. The van der Waals surface area contributed by atoms with E-state index in [1.807, 2.05) is 0 Å². The lowest BCUT2D eigenvalue weighted by atomic mass is 9.93. The third kappa shape index (κ3) is 4.87. The van der Waals surface area contributed by atoms with E-state index in [9.17, 15) is 0 Å². The standard InChI is InChI=1S/C20H32O2Si2/c1-15-13-14-16(2)20(22-24(6,7)8)18-12-10-9-11-17(18)19(15)21-23(3,4)5/h9-12H,13-14H2,1-8H3/b19-15+,20-16+. The molecule has 0 spiro atoms. The Morgan fingerprint density at radius 3 is 1.29 bits per heavy atom.